The van der Waals surface area contributed by atoms with Crippen LogP contribution in [0.4, 0.5) is 22.0 Å². The van der Waals surface area contributed by atoms with E-state index >= 15 is 0 Å². The lowest BCUT2D eigenvalue weighted by molar-refractivity contribution is -0.292. The van der Waals surface area contributed by atoms with Crippen LogP contribution < -0.4 is 4.52 Å². The minimum Gasteiger partial charge on any atom is -0.421 e. The zero-order valence-electron chi connectivity index (χ0n) is 10.0. The first-order valence-electron chi connectivity index (χ1n) is 4.74. The number of nitrogens with zero attached hydrogens (tertiary/aromatic N) is 2. The van der Waals surface area contributed by atoms with Gasteiger partial charge in [0.2, 0.25) is 5.82 Å². The third kappa shape index (κ3) is 3.60. The summed E-state index contributed by atoms with van der Waals surface area (Å²) < 4.78 is 76.5. The number of aromatic nitrogens is 2. The molecule has 0 N–H and O–H groups in total. The van der Waals surface area contributed by atoms with E-state index in [1.54, 1.807) is 0 Å². The Bertz CT molecular complexity index is 502. The maximum absolute atomic E-state index is 12.9. The van der Waals surface area contributed by atoms with Crippen LogP contribution in [0.2, 0.25) is 0 Å². The third-order valence-corrected chi connectivity index (χ3v) is 4.38. The van der Waals surface area contributed by atoms with Crippen molar-refractivity contribution in [2.75, 3.05) is 14.2 Å². The lowest BCUT2D eigenvalue weighted by Gasteiger charge is -2.19. The molecule has 12 heteroatoms. The Morgan fingerprint density at radius 3 is 1.85 bits per heavy atom. The number of hydrogen-bond acceptors (Lipinski definition) is 6. The monoisotopic (exact) mass is 338 g/mol. The SMILES string of the molecule is COP(=S)(OC)Oc1cnc(C(F)(F)C(F)(F)F)nc1. The largest absolute Gasteiger partial charge is 0.461 e. The second-order valence-electron chi connectivity index (χ2n) is 3.22. The van der Waals surface area contributed by atoms with Crippen LogP contribution in [0.15, 0.2) is 12.4 Å². The van der Waals surface area contributed by atoms with E-state index in [-0.39, 0.29) is 5.75 Å². The van der Waals surface area contributed by atoms with E-state index in [0.29, 0.717) is 12.4 Å². The predicted molar refractivity (Wildman–Crippen MR) is 60.9 cm³/mol. The molecule has 0 bridgehead atoms. The van der Waals surface area contributed by atoms with Crippen molar-refractivity contribution >= 4 is 18.5 Å². The normalized spacial score (nSPS) is 13.3. The van der Waals surface area contributed by atoms with Crippen molar-refractivity contribution in [3.63, 3.8) is 0 Å². The van der Waals surface area contributed by atoms with E-state index in [1.807, 2.05) is 0 Å². The molecular weight excluding hydrogens is 330 g/mol. The van der Waals surface area contributed by atoms with E-state index < -0.39 is 24.6 Å². The molecule has 1 heterocycles. The van der Waals surface area contributed by atoms with Crippen LogP contribution in [0.5, 0.6) is 5.75 Å². The Labute approximate surface area is 115 Å². The highest BCUT2D eigenvalue weighted by atomic mass is 32.5. The van der Waals surface area contributed by atoms with Crippen LogP contribution in [-0.2, 0) is 26.8 Å². The van der Waals surface area contributed by atoms with Gasteiger partial charge in [0.1, 0.15) is 0 Å². The Hall–Kier alpha value is -0.900. The van der Waals surface area contributed by atoms with Gasteiger partial charge in [-0.15, -0.1) is 0 Å². The summed E-state index contributed by atoms with van der Waals surface area (Å²) in [5.74, 6) is -7.10. The van der Waals surface area contributed by atoms with Crippen molar-refractivity contribution in [3.05, 3.63) is 18.2 Å². The number of hydrogen-bond donors (Lipinski definition) is 0. The van der Waals surface area contributed by atoms with Crippen molar-refractivity contribution in [2.24, 2.45) is 0 Å². The van der Waals surface area contributed by atoms with E-state index in [9.17, 15) is 22.0 Å². The Balaban J connectivity index is 2.98. The topological polar surface area (TPSA) is 53.5 Å². The van der Waals surface area contributed by atoms with Gasteiger partial charge >= 0.3 is 18.8 Å². The van der Waals surface area contributed by atoms with E-state index in [4.69, 9.17) is 25.4 Å². The van der Waals surface area contributed by atoms with Crippen LogP contribution in [-0.4, -0.2) is 30.4 Å². The Kier molecular flexibility index (Phi) is 5.01. The maximum Gasteiger partial charge on any atom is 0.461 e. The first kappa shape index (κ1) is 17.2. The summed E-state index contributed by atoms with van der Waals surface area (Å²) in [6.07, 6.45) is -4.54. The van der Waals surface area contributed by atoms with E-state index in [2.05, 4.69) is 9.97 Å². The maximum atomic E-state index is 12.9. The Morgan fingerprint density at radius 1 is 1.05 bits per heavy atom. The van der Waals surface area contributed by atoms with Gasteiger partial charge in [-0.25, -0.2) is 9.97 Å². The smallest absolute Gasteiger partial charge is 0.421 e. The lowest BCUT2D eigenvalue weighted by Crippen LogP contribution is -2.35. The third-order valence-electron chi connectivity index (χ3n) is 1.93. The quantitative estimate of drug-likeness (QED) is 0.608. The summed E-state index contributed by atoms with van der Waals surface area (Å²) in [6.45, 7) is -3.15. The van der Waals surface area contributed by atoms with Gasteiger partial charge in [0, 0.05) is 26.0 Å². The van der Waals surface area contributed by atoms with Crippen LogP contribution in [0, 0.1) is 0 Å². The van der Waals surface area contributed by atoms with Crippen LogP contribution in [0.1, 0.15) is 5.82 Å². The summed E-state index contributed by atoms with van der Waals surface area (Å²) in [6, 6.07) is 0. The number of halogens is 5. The highest BCUT2D eigenvalue weighted by Gasteiger charge is 2.61. The minimum atomic E-state index is -5.79. The molecule has 0 radical (unpaired) electrons. The van der Waals surface area contributed by atoms with Crippen LogP contribution in [0.3, 0.4) is 0 Å². The van der Waals surface area contributed by atoms with Gasteiger partial charge < -0.3 is 13.6 Å². The molecule has 0 unspecified atom stereocenters. The Morgan fingerprint density at radius 2 is 1.50 bits per heavy atom. The summed E-state index contributed by atoms with van der Waals surface area (Å²) >= 11 is 4.81. The molecule has 0 spiro atoms. The summed E-state index contributed by atoms with van der Waals surface area (Å²) in [5.41, 5.74) is 0. The number of alkyl halides is 5. The van der Waals surface area contributed by atoms with Crippen LogP contribution in [0.25, 0.3) is 0 Å². The van der Waals surface area contributed by atoms with Gasteiger partial charge in [-0.2, -0.15) is 22.0 Å². The zero-order chi connectivity index (χ0) is 15.6. The van der Waals surface area contributed by atoms with Gasteiger partial charge in [0.25, 0.3) is 0 Å². The summed E-state index contributed by atoms with van der Waals surface area (Å²) in [5, 5.41) is 0. The fraction of sp³-hybridized carbons (Fsp3) is 0.500. The molecular formula is C8H8F5N2O3PS. The van der Waals surface area contributed by atoms with Crippen molar-refractivity contribution in [1.29, 1.82) is 0 Å². The van der Waals surface area contributed by atoms with Crippen molar-refractivity contribution in [2.45, 2.75) is 12.1 Å². The average molecular weight is 338 g/mol. The first-order chi connectivity index (χ1) is 9.05. The van der Waals surface area contributed by atoms with Crippen molar-refractivity contribution in [1.82, 2.24) is 9.97 Å². The molecule has 5 nitrogen and oxygen atoms in total. The molecule has 20 heavy (non-hydrogen) atoms. The molecule has 0 aliphatic heterocycles. The van der Waals surface area contributed by atoms with Gasteiger partial charge in [0.15, 0.2) is 5.75 Å². The van der Waals surface area contributed by atoms with Crippen molar-refractivity contribution in [3.8, 4) is 5.75 Å². The highest BCUT2D eigenvalue weighted by molar-refractivity contribution is 8.07. The molecule has 0 saturated carbocycles. The highest BCUT2D eigenvalue weighted by Crippen LogP contribution is 2.48. The standard InChI is InChI=1S/C8H8F5N2O3PS/c1-16-19(20,17-2)18-5-3-14-6(15-4-5)7(9,10)8(11,12)13/h3-4H,1-2H3. The molecule has 1 aromatic heterocycles. The molecule has 0 fully saturated rings. The molecule has 0 saturated heterocycles. The second kappa shape index (κ2) is 5.84. The average Bonchev–Trinajstić information content (AvgIpc) is 2.38. The van der Waals surface area contributed by atoms with E-state index in [1.165, 1.54) is 14.2 Å². The predicted octanol–water partition coefficient (Wildman–Crippen LogP) is 3.03. The lowest BCUT2D eigenvalue weighted by atomic mass is 10.3. The van der Waals surface area contributed by atoms with Gasteiger partial charge in [0.05, 0.1) is 12.4 Å². The van der Waals surface area contributed by atoms with Gasteiger partial charge in [-0.05, 0) is 0 Å². The van der Waals surface area contributed by atoms with Gasteiger partial charge in [-0.1, -0.05) is 0 Å². The zero-order valence-corrected chi connectivity index (χ0v) is 11.7. The minimum absolute atomic E-state index is 0.251. The van der Waals surface area contributed by atoms with Crippen LogP contribution >= 0.6 is 6.72 Å². The fourth-order valence-electron chi connectivity index (χ4n) is 0.930. The second-order valence-corrected chi connectivity index (χ2v) is 6.37. The summed E-state index contributed by atoms with van der Waals surface area (Å²) in [4.78, 5) is 5.85. The van der Waals surface area contributed by atoms with E-state index in [0.717, 1.165) is 0 Å². The molecule has 1 rings (SSSR count). The van der Waals surface area contributed by atoms with Crippen molar-refractivity contribution < 1.29 is 35.5 Å². The number of rotatable bonds is 5. The first-order valence-corrected chi connectivity index (χ1v) is 7.29. The molecule has 1 aromatic rings. The molecule has 0 atom stereocenters. The summed E-state index contributed by atoms with van der Waals surface area (Å²) in [7, 11) is 2.38. The molecule has 114 valence electrons. The fourth-order valence-corrected chi connectivity index (χ4v) is 1.84. The molecule has 0 aliphatic rings. The van der Waals surface area contributed by atoms with Gasteiger partial charge in [-0.3, -0.25) is 0 Å². The molecule has 0 aromatic carbocycles. The molecule has 0 amide bonds. The molecule has 0 aliphatic carbocycles.